The van der Waals surface area contributed by atoms with Crippen LogP contribution in [-0.4, -0.2) is 45.4 Å². The van der Waals surface area contributed by atoms with E-state index in [1.54, 1.807) is 11.3 Å². The first-order valence-corrected chi connectivity index (χ1v) is 9.00. The summed E-state index contributed by atoms with van der Waals surface area (Å²) in [6.07, 6.45) is 8.39. The van der Waals surface area contributed by atoms with Gasteiger partial charge in [0.25, 0.3) is 0 Å². The molecule has 0 bridgehead atoms. The van der Waals surface area contributed by atoms with Gasteiger partial charge in [0.05, 0.1) is 6.54 Å². The number of likely N-dealkylation sites (tertiary alicyclic amines) is 2. The Morgan fingerprint density at radius 1 is 1.18 bits per heavy atom. The van der Waals surface area contributed by atoms with E-state index < -0.39 is 0 Å². The van der Waals surface area contributed by atoms with Gasteiger partial charge in [-0.3, -0.25) is 14.8 Å². The van der Waals surface area contributed by atoms with Gasteiger partial charge in [-0.2, -0.15) is 0 Å². The summed E-state index contributed by atoms with van der Waals surface area (Å²) in [5.41, 5.74) is 1.33. The predicted octanol–water partition coefficient (Wildman–Crippen LogP) is 2.63. The third-order valence-electron chi connectivity index (χ3n) is 4.98. The van der Waals surface area contributed by atoms with Crippen LogP contribution in [0.25, 0.3) is 0 Å². The summed E-state index contributed by atoms with van der Waals surface area (Å²) >= 11 is 1.78. The van der Waals surface area contributed by atoms with E-state index >= 15 is 0 Å². The van der Waals surface area contributed by atoms with Gasteiger partial charge in [-0.15, -0.1) is 11.3 Å². The van der Waals surface area contributed by atoms with E-state index in [2.05, 4.69) is 31.2 Å². The van der Waals surface area contributed by atoms with Gasteiger partial charge in [-0.05, 0) is 43.5 Å². The van der Waals surface area contributed by atoms with Gasteiger partial charge < -0.3 is 0 Å². The van der Waals surface area contributed by atoms with Crippen molar-refractivity contribution in [3.63, 3.8) is 0 Å². The molecule has 0 amide bonds. The molecule has 0 spiro atoms. The van der Waals surface area contributed by atoms with E-state index in [1.165, 1.54) is 43.0 Å². The van der Waals surface area contributed by atoms with Gasteiger partial charge in [-0.25, -0.2) is 4.98 Å². The van der Waals surface area contributed by atoms with Crippen molar-refractivity contribution >= 4 is 11.3 Å². The molecule has 0 saturated carbocycles. The number of thiazole rings is 1. The molecule has 0 unspecified atom stereocenters. The Labute approximate surface area is 135 Å². The third kappa shape index (κ3) is 3.07. The Morgan fingerprint density at radius 2 is 2.18 bits per heavy atom. The highest BCUT2D eigenvalue weighted by Gasteiger charge is 2.38. The number of hydrogen-bond donors (Lipinski definition) is 0. The SMILES string of the molecule is c1cncc(CN2CC[C@H]3[C@H](CCN3Cc3nccs3)C2)c1. The second-order valence-corrected chi connectivity index (χ2v) is 7.38. The molecule has 0 radical (unpaired) electrons. The zero-order valence-corrected chi connectivity index (χ0v) is 13.6. The molecule has 0 N–H and O–H groups in total. The Bertz CT molecular complexity index is 586. The van der Waals surface area contributed by atoms with Crippen molar-refractivity contribution in [2.45, 2.75) is 32.0 Å². The minimum atomic E-state index is 0.758. The van der Waals surface area contributed by atoms with Gasteiger partial charge in [0.15, 0.2) is 0 Å². The van der Waals surface area contributed by atoms with Crippen LogP contribution in [0.1, 0.15) is 23.4 Å². The van der Waals surface area contributed by atoms with Crippen LogP contribution in [0.4, 0.5) is 0 Å². The van der Waals surface area contributed by atoms with E-state index in [0.29, 0.717) is 0 Å². The Hall–Kier alpha value is -1.30. The molecule has 116 valence electrons. The summed E-state index contributed by atoms with van der Waals surface area (Å²) in [7, 11) is 0. The number of rotatable bonds is 4. The summed E-state index contributed by atoms with van der Waals surface area (Å²) < 4.78 is 0. The lowest BCUT2D eigenvalue weighted by atomic mass is 9.92. The molecule has 4 rings (SSSR count). The fourth-order valence-corrected chi connectivity index (χ4v) is 4.59. The van der Waals surface area contributed by atoms with Crippen LogP contribution >= 0.6 is 11.3 Å². The molecular weight excluding hydrogens is 292 g/mol. The Balaban J connectivity index is 1.35. The molecule has 0 aliphatic carbocycles. The topological polar surface area (TPSA) is 32.3 Å². The quantitative estimate of drug-likeness (QED) is 0.868. The molecule has 2 aliphatic heterocycles. The minimum absolute atomic E-state index is 0.758. The van der Waals surface area contributed by atoms with Gasteiger partial charge in [-0.1, -0.05) is 6.07 Å². The summed E-state index contributed by atoms with van der Waals surface area (Å²) in [5.74, 6) is 0.824. The molecule has 2 fully saturated rings. The largest absolute Gasteiger partial charge is 0.299 e. The normalized spacial score (nSPS) is 26.2. The van der Waals surface area contributed by atoms with Gasteiger partial charge in [0, 0.05) is 43.1 Å². The van der Waals surface area contributed by atoms with Crippen molar-refractivity contribution in [2.24, 2.45) is 5.92 Å². The number of nitrogens with zero attached hydrogens (tertiary/aromatic N) is 4. The smallest absolute Gasteiger partial charge is 0.107 e. The van der Waals surface area contributed by atoms with Crippen LogP contribution in [0.2, 0.25) is 0 Å². The second-order valence-electron chi connectivity index (χ2n) is 6.40. The predicted molar refractivity (Wildman–Crippen MR) is 88.6 cm³/mol. The van der Waals surface area contributed by atoms with Crippen molar-refractivity contribution in [1.82, 2.24) is 19.8 Å². The maximum atomic E-state index is 4.45. The average molecular weight is 314 g/mol. The van der Waals surface area contributed by atoms with E-state index in [1.807, 2.05) is 24.7 Å². The number of pyridine rings is 1. The standard InChI is InChI=1S/C17H22N4S/c1-2-14(10-18-5-1)11-20-7-4-16-15(12-20)3-8-21(16)13-17-19-6-9-22-17/h1-2,5-6,9-10,15-16H,3-4,7-8,11-13H2/t15-,16+/m1/s1. The lowest BCUT2D eigenvalue weighted by molar-refractivity contribution is 0.103. The lowest BCUT2D eigenvalue weighted by Gasteiger charge is -2.37. The fraction of sp³-hybridized carbons (Fsp3) is 0.529. The summed E-state index contributed by atoms with van der Waals surface area (Å²) in [4.78, 5) is 13.9. The van der Waals surface area contributed by atoms with Crippen LogP contribution in [0, 0.1) is 5.92 Å². The first-order valence-electron chi connectivity index (χ1n) is 8.12. The first-order chi connectivity index (χ1) is 10.9. The molecule has 5 heteroatoms. The van der Waals surface area contributed by atoms with E-state index in [-0.39, 0.29) is 0 Å². The van der Waals surface area contributed by atoms with Gasteiger partial charge in [0.2, 0.25) is 0 Å². The van der Waals surface area contributed by atoms with E-state index in [4.69, 9.17) is 0 Å². The maximum Gasteiger partial charge on any atom is 0.107 e. The molecule has 2 saturated heterocycles. The summed E-state index contributed by atoms with van der Waals surface area (Å²) in [6, 6.07) is 4.98. The first kappa shape index (κ1) is 14.3. The molecule has 4 nitrogen and oxygen atoms in total. The van der Waals surface area contributed by atoms with Crippen molar-refractivity contribution in [1.29, 1.82) is 0 Å². The number of aromatic nitrogens is 2. The van der Waals surface area contributed by atoms with Crippen LogP contribution in [0.3, 0.4) is 0 Å². The Kier molecular flexibility index (Phi) is 4.19. The second kappa shape index (κ2) is 6.44. The zero-order valence-electron chi connectivity index (χ0n) is 12.8. The average Bonchev–Trinajstić information content (AvgIpc) is 3.19. The zero-order chi connectivity index (χ0) is 14.8. The number of piperidine rings is 1. The van der Waals surface area contributed by atoms with E-state index in [0.717, 1.165) is 25.0 Å². The van der Waals surface area contributed by atoms with Gasteiger partial charge >= 0.3 is 0 Å². The highest BCUT2D eigenvalue weighted by Crippen LogP contribution is 2.33. The molecular formula is C17H22N4S. The van der Waals surface area contributed by atoms with Crippen LogP contribution < -0.4 is 0 Å². The molecule has 2 atom stereocenters. The highest BCUT2D eigenvalue weighted by molar-refractivity contribution is 7.09. The van der Waals surface area contributed by atoms with Crippen LogP contribution in [0.5, 0.6) is 0 Å². The molecule has 22 heavy (non-hydrogen) atoms. The van der Waals surface area contributed by atoms with Crippen LogP contribution in [-0.2, 0) is 13.1 Å². The van der Waals surface area contributed by atoms with Crippen molar-refractivity contribution in [3.05, 3.63) is 46.7 Å². The van der Waals surface area contributed by atoms with Crippen LogP contribution in [0.15, 0.2) is 36.1 Å². The number of hydrogen-bond acceptors (Lipinski definition) is 5. The van der Waals surface area contributed by atoms with E-state index in [9.17, 15) is 0 Å². The lowest BCUT2D eigenvalue weighted by Crippen LogP contribution is -2.45. The van der Waals surface area contributed by atoms with Gasteiger partial charge in [0.1, 0.15) is 5.01 Å². The molecule has 2 aromatic heterocycles. The summed E-state index contributed by atoms with van der Waals surface area (Å²) in [6.45, 7) is 5.75. The third-order valence-corrected chi connectivity index (χ3v) is 5.75. The van der Waals surface area contributed by atoms with Crippen molar-refractivity contribution in [2.75, 3.05) is 19.6 Å². The molecule has 0 aromatic carbocycles. The molecule has 2 aliphatic rings. The monoisotopic (exact) mass is 314 g/mol. The molecule has 4 heterocycles. The maximum absolute atomic E-state index is 4.45. The van der Waals surface area contributed by atoms with Crippen molar-refractivity contribution in [3.8, 4) is 0 Å². The molecule has 2 aromatic rings. The fourth-order valence-electron chi connectivity index (χ4n) is 3.95. The number of fused-ring (bicyclic) bond motifs is 1. The minimum Gasteiger partial charge on any atom is -0.299 e. The van der Waals surface area contributed by atoms with Crippen molar-refractivity contribution < 1.29 is 0 Å². The summed E-state index contributed by atoms with van der Waals surface area (Å²) in [5, 5.41) is 3.35. The highest BCUT2D eigenvalue weighted by atomic mass is 32.1. The Morgan fingerprint density at radius 3 is 3.00 bits per heavy atom.